The van der Waals surface area contributed by atoms with Gasteiger partial charge in [0.25, 0.3) is 0 Å². The van der Waals surface area contributed by atoms with Crippen LogP contribution in [0.3, 0.4) is 0 Å². The number of hydrogen-bond acceptors (Lipinski definition) is 0. The zero-order valence-corrected chi connectivity index (χ0v) is 7.02. The Bertz CT molecular complexity index is 218. The van der Waals surface area contributed by atoms with Gasteiger partial charge < -0.3 is 0 Å². The van der Waals surface area contributed by atoms with Crippen molar-refractivity contribution in [3.63, 3.8) is 0 Å². The van der Waals surface area contributed by atoms with Crippen molar-refractivity contribution >= 4 is 0 Å². The summed E-state index contributed by atoms with van der Waals surface area (Å²) < 4.78 is 12.8. The standard InChI is InChI=1S/C10H13F/c1-3-8-5-9(4-2)7-10(11)6-8/h5-7H,3-4H2,1-2H3. The molecule has 0 aromatic heterocycles. The molecule has 0 aliphatic heterocycles. The van der Waals surface area contributed by atoms with Crippen LogP contribution in [0.4, 0.5) is 4.39 Å². The molecule has 0 radical (unpaired) electrons. The quantitative estimate of drug-likeness (QED) is 0.611. The van der Waals surface area contributed by atoms with Gasteiger partial charge in [0, 0.05) is 0 Å². The van der Waals surface area contributed by atoms with Crippen molar-refractivity contribution < 1.29 is 4.39 Å². The zero-order chi connectivity index (χ0) is 8.27. The van der Waals surface area contributed by atoms with Crippen molar-refractivity contribution in [2.75, 3.05) is 0 Å². The van der Waals surface area contributed by atoms with Gasteiger partial charge in [-0.2, -0.15) is 0 Å². The number of benzene rings is 1. The summed E-state index contributed by atoms with van der Waals surface area (Å²) >= 11 is 0. The summed E-state index contributed by atoms with van der Waals surface area (Å²) in [5.41, 5.74) is 2.17. The molecule has 0 atom stereocenters. The lowest BCUT2D eigenvalue weighted by Crippen LogP contribution is -1.87. The Morgan fingerprint density at radius 1 is 1.00 bits per heavy atom. The van der Waals surface area contributed by atoms with Crippen molar-refractivity contribution in [1.29, 1.82) is 0 Å². The minimum atomic E-state index is -0.110. The minimum Gasteiger partial charge on any atom is -0.207 e. The van der Waals surface area contributed by atoms with Gasteiger partial charge in [0.05, 0.1) is 0 Å². The van der Waals surface area contributed by atoms with E-state index in [1.807, 2.05) is 13.8 Å². The molecule has 60 valence electrons. The van der Waals surface area contributed by atoms with E-state index in [0.717, 1.165) is 24.0 Å². The largest absolute Gasteiger partial charge is 0.207 e. The first-order valence-corrected chi connectivity index (χ1v) is 4.04. The molecule has 0 saturated carbocycles. The van der Waals surface area contributed by atoms with E-state index in [1.54, 1.807) is 12.1 Å². The first-order chi connectivity index (χ1) is 5.26. The van der Waals surface area contributed by atoms with E-state index in [-0.39, 0.29) is 5.82 Å². The van der Waals surface area contributed by atoms with E-state index >= 15 is 0 Å². The van der Waals surface area contributed by atoms with Gasteiger partial charge in [0.2, 0.25) is 0 Å². The van der Waals surface area contributed by atoms with Gasteiger partial charge in [0.1, 0.15) is 5.82 Å². The average Bonchev–Trinajstić information content (AvgIpc) is 2.03. The molecule has 0 bridgehead atoms. The summed E-state index contributed by atoms with van der Waals surface area (Å²) in [6, 6.07) is 5.25. The van der Waals surface area contributed by atoms with Crippen LogP contribution >= 0.6 is 0 Å². The molecule has 0 aliphatic rings. The van der Waals surface area contributed by atoms with Gasteiger partial charge in [-0.3, -0.25) is 0 Å². The van der Waals surface area contributed by atoms with E-state index in [4.69, 9.17) is 0 Å². The topological polar surface area (TPSA) is 0 Å². The molecule has 0 aliphatic carbocycles. The van der Waals surface area contributed by atoms with E-state index in [2.05, 4.69) is 6.07 Å². The van der Waals surface area contributed by atoms with E-state index in [9.17, 15) is 4.39 Å². The molecule has 0 amide bonds. The first kappa shape index (κ1) is 8.25. The molecular formula is C10H13F. The van der Waals surface area contributed by atoms with Crippen LogP contribution in [0.5, 0.6) is 0 Å². The molecule has 0 unspecified atom stereocenters. The van der Waals surface area contributed by atoms with Gasteiger partial charge in [-0.05, 0) is 36.1 Å². The number of aryl methyl sites for hydroxylation is 2. The van der Waals surface area contributed by atoms with Crippen LogP contribution < -0.4 is 0 Å². The Hall–Kier alpha value is -0.850. The van der Waals surface area contributed by atoms with Crippen LogP contribution in [0.1, 0.15) is 25.0 Å². The molecule has 0 nitrogen and oxygen atoms in total. The van der Waals surface area contributed by atoms with Gasteiger partial charge in [-0.15, -0.1) is 0 Å². The minimum absolute atomic E-state index is 0.110. The second-order valence-corrected chi connectivity index (χ2v) is 2.67. The summed E-state index contributed by atoms with van der Waals surface area (Å²) in [5, 5.41) is 0. The summed E-state index contributed by atoms with van der Waals surface area (Å²) in [6.07, 6.45) is 1.82. The second kappa shape index (κ2) is 3.51. The number of rotatable bonds is 2. The Balaban J connectivity index is 3.02. The molecule has 0 heterocycles. The fourth-order valence-corrected chi connectivity index (χ4v) is 1.13. The van der Waals surface area contributed by atoms with Crippen LogP contribution in [0.15, 0.2) is 18.2 Å². The van der Waals surface area contributed by atoms with E-state index in [0.29, 0.717) is 0 Å². The molecular weight excluding hydrogens is 139 g/mol. The van der Waals surface area contributed by atoms with E-state index < -0.39 is 0 Å². The highest BCUT2D eigenvalue weighted by Gasteiger charge is 1.96. The molecule has 1 heteroatoms. The summed E-state index contributed by atoms with van der Waals surface area (Å²) in [6.45, 7) is 4.07. The summed E-state index contributed by atoms with van der Waals surface area (Å²) in [5.74, 6) is -0.110. The third-order valence-electron chi connectivity index (χ3n) is 1.83. The molecule has 11 heavy (non-hydrogen) atoms. The lowest BCUT2D eigenvalue weighted by Gasteiger charge is -2.00. The van der Waals surface area contributed by atoms with Crippen LogP contribution in [-0.2, 0) is 12.8 Å². The van der Waals surface area contributed by atoms with Crippen molar-refractivity contribution in [3.05, 3.63) is 35.1 Å². The Labute approximate surface area is 67.1 Å². The molecule has 1 rings (SSSR count). The molecule has 0 N–H and O–H groups in total. The smallest absolute Gasteiger partial charge is 0.123 e. The number of halogens is 1. The molecule has 1 aromatic rings. The lowest BCUT2D eigenvalue weighted by atomic mass is 10.1. The normalized spacial score (nSPS) is 10.1. The maximum Gasteiger partial charge on any atom is 0.123 e. The van der Waals surface area contributed by atoms with Crippen molar-refractivity contribution in [2.45, 2.75) is 26.7 Å². The van der Waals surface area contributed by atoms with Crippen LogP contribution in [-0.4, -0.2) is 0 Å². The number of hydrogen-bond donors (Lipinski definition) is 0. The Morgan fingerprint density at radius 2 is 1.45 bits per heavy atom. The van der Waals surface area contributed by atoms with Crippen molar-refractivity contribution in [2.24, 2.45) is 0 Å². The Morgan fingerprint density at radius 3 is 1.82 bits per heavy atom. The lowest BCUT2D eigenvalue weighted by molar-refractivity contribution is 0.623. The summed E-state index contributed by atoms with van der Waals surface area (Å²) in [7, 11) is 0. The molecule has 1 aromatic carbocycles. The zero-order valence-electron chi connectivity index (χ0n) is 7.02. The maximum atomic E-state index is 12.8. The average molecular weight is 152 g/mol. The van der Waals surface area contributed by atoms with Crippen LogP contribution in [0.25, 0.3) is 0 Å². The third-order valence-corrected chi connectivity index (χ3v) is 1.83. The van der Waals surface area contributed by atoms with Crippen molar-refractivity contribution in [1.82, 2.24) is 0 Å². The van der Waals surface area contributed by atoms with Crippen LogP contribution in [0, 0.1) is 5.82 Å². The van der Waals surface area contributed by atoms with Crippen LogP contribution in [0.2, 0.25) is 0 Å². The predicted molar refractivity (Wildman–Crippen MR) is 45.2 cm³/mol. The first-order valence-electron chi connectivity index (χ1n) is 4.04. The van der Waals surface area contributed by atoms with E-state index in [1.165, 1.54) is 0 Å². The predicted octanol–water partition coefficient (Wildman–Crippen LogP) is 2.95. The highest BCUT2D eigenvalue weighted by atomic mass is 19.1. The highest BCUT2D eigenvalue weighted by molar-refractivity contribution is 5.24. The van der Waals surface area contributed by atoms with Gasteiger partial charge in [0.15, 0.2) is 0 Å². The fraction of sp³-hybridized carbons (Fsp3) is 0.400. The van der Waals surface area contributed by atoms with Crippen molar-refractivity contribution in [3.8, 4) is 0 Å². The fourth-order valence-electron chi connectivity index (χ4n) is 1.13. The SMILES string of the molecule is CCc1cc(F)cc(CC)c1. The maximum absolute atomic E-state index is 12.8. The third kappa shape index (κ3) is 2.04. The summed E-state index contributed by atoms with van der Waals surface area (Å²) in [4.78, 5) is 0. The van der Waals surface area contributed by atoms with Gasteiger partial charge in [-0.25, -0.2) is 4.39 Å². The van der Waals surface area contributed by atoms with Gasteiger partial charge in [-0.1, -0.05) is 19.9 Å². The molecule has 0 fully saturated rings. The monoisotopic (exact) mass is 152 g/mol. The Kier molecular flexibility index (Phi) is 2.64. The highest BCUT2D eigenvalue weighted by Crippen LogP contribution is 2.09. The molecule has 0 spiro atoms. The van der Waals surface area contributed by atoms with Gasteiger partial charge >= 0.3 is 0 Å². The molecule has 0 saturated heterocycles. The second-order valence-electron chi connectivity index (χ2n) is 2.67.